The molecule has 1 N–H and O–H groups in total. The van der Waals surface area contributed by atoms with Crippen molar-refractivity contribution in [1.82, 2.24) is 9.80 Å². The van der Waals surface area contributed by atoms with Crippen molar-refractivity contribution in [2.45, 2.75) is 17.4 Å². The lowest BCUT2D eigenvalue weighted by Crippen LogP contribution is -2.42. The average molecular weight is 447 g/mol. The summed E-state index contributed by atoms with van der Waals surface area (Å²) in [7, 11) is -4.04. The molecule has 2 heterocycles. The van der Waals surface area contributed by atoms with Gasteiger partial charge in [0.2, 0.25) is 0 Å². The standard InChI is InChI=1S/C20H18FN3O6S/c21-14-4-2-6-17(10-14)31(28,29)22-15-5-1-3-13(9-15)19(26)23-8-7-16(11-23)24-18(25)12-30-20(24)27/h1-6,9-10,16,22H,7-8,11-12H2. The first-order valence-electron chi connectivity index (χ1n) is 9.41. The quantitative estimate of drug-likeness (QED) is 0.748. The van der Waals surface area contributed by atoms with Crippen LogP contribution in [0.4, 0.5) is 14.9 Å². The van der Waals surface area contributed by atoms with Gasteiger partial charge in [0, 0.05) is 24.3 Å². The minimum Gasteiger partial charge on any atom is -0.439 e. The summed E-state index contributed by atoms with van der Waals surface area (Å²) in [5.74, 6) is -1.48. The van der Waals surface area contributed by atoms with Gasteiger partial charge in [0.05, 0.1) is 10.9 Å². The number of benzene rings is 2. The Bertz CT molecular complexity index is 1150. The van der Waals surface area contributed by atoms with Gasteiger partial charge in [0.25, 0.3) is 21.8 Å². The molecule has 11 heteroatoms. The fourth-order valence-electron chi connectivity index (χ4n) is 3.60. The first-order chi connectivity index (χ1) is 14.7. The lowest BCUT2D eigenvalue weighted by Gasteiger charge is -2.20. The predicted molar refractivity (Wildman–Crippen MR) is 106 cm³/mol. The van der Waals surface area contributed by atoms with Crippen LogP contribution in [0.5, 0.6) is 0 Å². The summed E-state index contributed by atoms with van der Waals surface area (Å²) in [6.45, 7) is 0.204. The molecule has 0 spiro atoms. The number of rotatable bonds is 5. The lowest BCUT2D eigenvalue weighted by atomic mass is 10.2. The van der Waals surface area contributed by atoms with E-state index in [0.29, 0.717) is 13.0 Å². The minimum absolute atomic E-state index is 0.143. The van der Waals surface area contributed by atoms with Crippen LogP contribution >= 0.6 is 0 Å². The number of hydrogen-bond donors (Lipinski definition) is 1. The van der Waals surface area contributed by atoms with E-state index in [1.807, 2.05) is 0 Å². The Balaban J connectivity index is 1.48. The number of carbonyl (C=O) groups excluding carboxylic acids is 3. The van der Waals surface area contributed by atoms with Gasteiger partial charge in [-0.05, 0) is 42.8 Å². The highest BCUT2D eigenvalue weighted by molar-refractivity contribution is 7.92. The fourth-order valence-corrected chi connectivity index (χ4v) is 4.68. The maximum absolute atomic E-state index is 13.4. The molecule has 162 valence electrons. The Morgan fingerprint density at radius 1 is 1.13 bits per heavy atom. The van der Waals surface area contributed by atoms with E-state index in [1.54, 1.807) is 0 Å². The second-order valence-electron chi connectivity index (χ2n) is 7.16. The number of nitrogens with zero attached hydrogens (tertiary/aromatic N) is 2. The molecule has 2 aliphatic rings. The zero-order valence-corrected chi connectivity index (χ0v) is 17.0. The SMILES string of the molecule is O=C(c1cccc(NS(=O)(=O)c2cccc(F)c2)c1)N1CCC(N2C(=O)COC2=O)C1. The summed E-state index contributed by atoms with van der Waals surface area (Å²) in [5, 5.41) is 0. The molecule has 4 rings (SSSR count). The summed E-state index contributed by atoms with van der Waals surface area (Å²) in [5.41, 5.74) is 0.375. The number of hydrogen-bond acceptors (Lipinski definition) is 6. The number of anilines is 1. The van der Waals surface area contributed by atoms with Crippen LogP contribution in [0.1, 0.15) is 16.8 Å². The molecular weight excluding hydrogens is 429 g/mol. The molecule has 0 saturated carbocycles. The molecular formula is C20H18FN3O6S. The van der Waals surface area contributed by atoms with Crippen molar-refractivity contribution in [2.24, 2.45) is 0 Å². The Kier molecular flexibility index (Phi) is 5.36. The molecule has 31 heavy (non-hydrogen) atoms. The summed E-state index contributed by atoms with van der Waals surface area (Å²) in [6.07, 6.45) is -0.281. The molecule has 2 aromatic rings. The van der Waals surface area contributed by atoms with Gasteiger partial charge in [0.15, 0.2) is 6.61 Å². The molecule has 0 aliphatic carbocycles. The number of likely N-dealkylation sites (tertiary alicyclic amines) is 1. The Labute approximate surface area is 177 Å². The van der Waals surface area contributed by atoms with Gasteiger partial charge in [0.1, 0.15) is 5.82 Å². The molecule has 2 aliphatic heterocycles. The Morgan fingerprint density at radius 2 is 1.90 bits per heavy atom. The number of nitrogens with one attached hydrogen (secondary N) is 1. The van der Waals surface area contributed by atoms with Crippen molar-refractivity contribution >= 4 is 33.6 Å². The fraction of sp³-hybridized carbons (Fsp3) is 0.250. The molecule has 2 fully saturated rings. The van der Waals surface area contributed by atoms with Crippen LogP contribution in [0, 0.1) is 5.82 Å². The summed E-state index contributed by atoms with van der Waals surface area (Å²) in [6, 6.07) is 10.0. The van der Waals surface area contributed by atoms with Crippen LogP contribution < -0.4 is 4.72 Å². The molecule has 2 aromatic carbocycles. The third kappa shape index (κ3) is 4.22. The largest absolute Gasteiger partial charge is 0.439 e. The molecule has 3 amide bonds. The van der Waals surface area contributed by atoms with Crippen LogP contribution in [0.3, 0.4) is 0 Å². The van der Waals surface area contributed by atoms with E-state index in [2.05, 4.69) is 4.72 Å². The Morgan fingerprint density at radius 3 is 2.61 bits per heavy atom. The minimum atomic E-state index is -4.04. The van der Waals surface area contributed by atoms with Crippen molar-refractivity contribution in [2.75, 3.05) is 24.4 Å². The van der Waals surface area contributed by atoms with Crippen molar-refractivity contribution in [1.29, 1.82) is 0 Å². The first-order valence-corrected chi connectivity index (χ1v) is 10.9. The van der Waals surface area contributed by atoms with Gasteiger partial charge < -0.3 is 9.64 Å². The van der Waals surface area contributed by atoms with Crippen molar-refractivity contribution < 1.29 is 31.9 Å². The normalized spacial score (nSPS) is 18.9. The highest BCUT2D eigenvalue weighted by atomic mass is 32.2. The van der Waals surface area contributed by atoms with Crippen LogP contribution in [-0.4, -0.2) is 61.9 Å². The maximum Gasteiger partial charge on any atom is 0.417 e. The number of amides is 3. The van der Waals surface area contributed by atoms with Gasteiger partial charge in [-0.1, -0.05) is 12.1 Å². The van der Waals surface area contributed by atoms with Crippen LogP contribution in [0.25, 0.3) is 0 Å². The Hall–Kier alpha value is -3.47. The number of ether oxygens (including phenoxy) is 1. The number of imide groups is 1. The molecule has 0 bridgehead atoms. The van der Waals surface area contributed by atoms with Gasteiger partial charge >= 0.3 is 6.09 Å². The second-order valence-corrected chi connectivity index (χ2v) is 8.84. The zero-order chi connectivity index (χ0) is 22.2. The number of carbonyl (C=O) groups is 3. The van der Waals surface area contributed by atoms with E-state index >= 15 is 0 Å². The maximum atomic E-state index is 13.4. The van der Waals surface area contributed by atoms with Crippen molar-refractivity contribution in [3.05, 3.63) is 59.9 Å². The monoisotopic (exact) mass is 447 g/mol. The molecule has 0 radical (unpaired) electrons. The highest BCUT2D eigenvalue weighted by Gasteiger charge is 2.41. The second kappa shape index (κ2) is 7.99. The molecule has 9 nitrogen and oxygen atoms in total. The van der Waals surface area contributed by atoms with Crippen LogP contribution in [-0.2, 0) is 19.6 Å². The van der Waals surface area contributed by atoms with Crippen molar-refractivity contribution in [3.63, 3.8) is 0 Å². The van der Waals surface area contributed by atoms with Gasteiger partial charge in [-0.2, -0.15) is 0 Å². The summed E-state index contributed by atoms with van der Waals surface area (Å²) >= 11 is 0. The molecule has 1 atom stereocenters. The van der Waals surface area contributed by atoms with E-state index in [-0.39, 0.29) is 35.2 Å². The topological polar surface area (TPSA) is 113 Å². The number of halogens is 1. The summed E-state index contributed by atoms with van der Waals surface area (Å²) in [4.78, 5) is 38.7. The molecule has 1 unspecified atom stereocenters. The lowest BCUT2D eigenvalue weighted by molar-refractivity contribution is -0.127. The van der Waals surface area contributed by atoms with E-state index in [1.165, 1.54) is 41.3 Å². The predicted octanol–water partition coefficient (Wildman–Crippen LogP) is 1.82. The summed E-state index contributed by atoms with van der Waals surface area (Å²) < 4.78 is 45.4. The molecule has 0 aromatic heterocycles. The van der Waals surface area contributed by atoms with Crippen LogP contribution in [0.15, 0.2) is 53.4 Å². The average Bonchev–Trinajstić information content (AvgIpc) is 3.33. The van der Waals surface area contributed by atoms with E-state index < -0.39 is 33.9 Å². The van der Waals surface area contributed by atoms with E-state index in [0.717, 1.165) is 17.0 Å². The van der Waals surface area contributed by atoms with Gasteiger partial charge in [-0.15, -0.1) is 0 Å². The third-order valence-corrected chi connectivity index (χ3v) is 6.45. The van der Waals surface area contributed by atoms with E-state index in [4.69, 9.17) is 4.74 Å². The highest BCUT2D eigenvalue weighted by Crippen LogP contribution is 2.23. The van der Waals surface area contributed by atoms with Crippen molar-refractivity contribution in [3.8, 4) is 0 Å². The number of sulfonamides is 1. The van der Waals surface area contributed by atoms with Gasteiger partial charge in [-0.3, -0.25) is 14.3 Å². The van der Waals surface area contributed by atoms with E-state index in [9.17, 15) is 27.2 Å². The molecule has 2 saturated heterocycles. The third-order valence-electron chi connectivity index (χ3n) is 5.07. The first kappa shape index (κ1) is 20.8. The zero-order valence-electron chi connectivity index (χ0n) is 16.2. The smallest absolute Gasteiger partial charge is 0.417 e. The van der Waals surface area contributed by atoms with Gasteiger partial charge in [-0.25, -0.2) is 22.5 Å². The number of cyclic esters (lactones) is 1. The van der Waals surface area contributed by atoms with Crippen LogP contribution in [0.2, 0.25) is 0 Å².